The molecule has 1 heterocycles. The number of rotatable bonds is 2. The Morgan fingerprint density at radius 2 is 2.50 bits per heavy atom. The fourth-order valence-electron chi connectivity index (χ4n) is 0.925. The van der Waals surface area contributed by atoms with E-state index >= 15 is 0 Å². The van der Waals surface area contributed by atoms with Crippen molar-refractivity contribution in [1.82, 2.24) is 4.31 Å². The lowest BCUT2D eigenvalue weighted by Crippen LogP contribution is -2.11. The van der Waals surface area contributed by atoms with Crippen LogP contribution in [0.2, 0.25) is 0 Å². The molecule has 8 heavy (non-hydrogen) atoms. The third-order valence-electron chi connectivity index (χ3n) is 1.30. The Morgan fingerprint density at radius 1 is 1.62 bits per heavy atom. The fourth-order valence-corrected chi connectivity index (χ4v) is 2.01. The van der Waals surface area contributed by atoms with Crippen LogP contribution in [-0.2, 0) is 0 Å². The van der Waals surface area contributed by atoms with Crippen molar-refractivity contribution in [3.63, 3.8) is 0 Å². The summed E-state index contributed by atoms with van der Waals surface area (Å²) in [4.78, 5) is 0. The number of nitrogens with zero attached hydrogens (tertiary/aromatic N) is 1. The summed E-state index contributed by atoms with van der Waals surface area (Å²) in [5, 5.41) is 0. The van der Waals surface area contributed by atoms with E-state index in [0.29, 0.717) is 0 Å². The van der Waals surface area contributed by atoms with Crippen LogP contribution in [0.3, 0.4) is 0 Å². The van der Waals surface area contributed by atoms with Gasteiger partial charge in [0.05, 0.1) is 0 Å². The quantitative estimate of drug-likeness (QED) is 0.525. The molecule has 0 amide bonds. The first-order valence-corrected chi connectivity index (χ1v) is 4.25. The van der Waals surface area contributed by atoms with E-state index in [1.54, 1.807) is 0 Å². The van der Waals surface area contributed by atoms with Crippen molar-refractivity contribution >= 4 is 11.9 Å². The van der Waals surface area contributed by atoms with Crippen LogP contribution in [0.1, 0.15) is 19.8 Å². The summed E-state index contributed by atoms with van der Waals surface area (Å²) < 4.78 is 2.46. The second-order valence-electron chi connectivity index (χ2n) is 2.12. The highest BCUT2D eigenvalue weighted by molar-refractivity contribution is 7.97. The third kappa shape index (κ3) is 1.67. The summed E-state index contributed by atoms with van der Waals surface area (Å²) in [6.07, 6.45) is 2.69. The predicted molar refractivity (Wildman–Crippen MR) is 38.9 cm³/mol. The molecule has 0 aromatic carbocycles. The van der Waals surface area contributed by atoms with Gasteiger partial charge in [-0.25, -0.2) is 0 Å². The van der Waals surface area contributed by atoms with Gasteiger partial charge in [-0.15, -0.1) is 0 Å². The highest BCUT2D eigenvalue weighted by Gasteiger charge is 2.09. The minimum atomic E-state index is 1.28. The van der Waals surface area contributed by atoms with Crippen molar-refractivity contribution in [2.24, 2.45) is 0 Å². The molecule has 0 aromatic heterocycles. The molecule has 1 nitrogen and oxygen atoms in total. The van der Waals surface area contributed by atoms with Gasteiger partial charge in [0.15, 0.2) is 0 Å². The Kier molecular flexibility index (Phi) is 2.70. The standard InChI is InChI=1S/C6H13NS/c1-2-4-7-5-3-6-8-7/h2-6H2,1H3. The number of hydrogen-bond acceptors (Lipinski definition) is 2. The van der Waals surface area contributed by atoms with E-state index in [2.05, 4.69) is 11.2 Å². The van der Waals surface area contributed by atoms with Gasteiger partial charge in [0.1, 0.15) is 0 Å². The van der Waals surface area contributed by atoms with Crippen LogP contribution in [0, 0.1) is 0 Å². The van der Waals surface area contributed by atoms with Crippen LogP contribution in [-0.4, -0.2) is 23.1 Å². The lowest BCUT2D eigenvalue weighted by molar-refractivity contribution is 0.493. The molecule has 1 rings (SSSR count). The van der Waals surface area contributed by atoms with Gasteiger partial charge in [-0.2, -0.15) is 0 Å². The average molecular weight is 131 g/mol. The molecule has 2 heteroatoms. The molecule has 1 saturated heterocycles. The second kappa shape index (κ2) is 3.36. The average Bonchev–Trinajstić information content (AvgIpc) is 2.19. The lowest BCUT2D eigenvalue weighted by Gasteiger charge is -2.09. The van der Waals surface area contributed by atoms with E-state index in [1.165, 1.54) is 31.7 Å². The van der Waals surface area contributed by atoms with E-state index in [0.717, 1.165) is 0 Å². The highest BCUT2D eigenvalue weighted by Crippen LogP contribution is 2.19. The van der Waals surface area contributed by atoms with Crippen molar-refractivity contribution in [1.29, 1.82) is 0 Å². The molecular formula is C6H13NS. The molecule has 0 saturated carbocycles. The van der Waals surface area contributed by atoms with Gasteiger partial charge in [-0.05, 0) is 12.8 Å². The topological polar surface area (TPSA) is 3.24 Å². The summed E-state index contributed by atoms with van der Waals surface area (Å²) >= 11 is 2.00. The van der Waals surface area contributed by atoms with E-state index < -0.39 is 0 Å². The highest BCUT2D eigenvalue weighted by atomic mass is 32.2. The molecule has 0 aliphatic carbocycles. The van der Waals surface area contributed by atoms with E-state index in [1.807, 2.05) is 11.9 Å². The van der Waals surface area contributed by atoms with Crippen LogP contribution in [0.5, 0.6) is 0 Å². The Balaban J connectivity index is 2.06. The molecule has 0 bridgehead atoms. The van der Waals surface area contributed by atoms with Gasteiger partial charge in [0, 0.05) is 18.8 Å². The van der Waals surface area contributed by atoms with Gasteiger partial charge in [-0.1, -0.05) is 18.9 Å². The van der Waals surface area contributed by atoms with Gasteiger partial charge in [0.25, 0.3) is 0 Å². The van der Waals surface area contributed by atoms with Crippen LogP contribution >= 0.6 is 11.9 Å². The summed E-state index contributed by atoms with van der Waals surface area (Å²) in [5.41, 5.74) is 0. The van der Waals surface area contributed by atoms with E-state index in [-0.39, 0.29) is 0 Å². The van der Waals surface area contributed by atoms with Gasteiger partial charge >= 0.3 is 0 Å². The molecule has 0 N–H and O–H groups in total. The van der Waals surface area contributed by atoms with Crippen LogP contribution < -0.4 is 0 Å². The molecule has 0 atom stereocenters. The van der Waals surface area contributed by atoms with Crippen molar-refractivity contribution in [2.75, 3.05) is 18.8 Å². The lowest BCUT2D eigenvalue weighted by atomic mass is 10.4. The maximum absolute atomic E-state index is 2.46. The maximum atomic E-state index is 2.46. The molecule has 0 unspecified atom stereocenters. The van der Waals surface area contributed by atoms with Crippen molar-refractivity contribution in [3.8, 4) is 0 Å². The first-order valence-electron chi connectivity index (χ1n) is 3.31. The smallest absolute Gasteiger partial charge is 0.00976 e. The summed E-state index contributed by atoms with van der Waals surface area (Å²) in [6.45, 7) is 4.84. The van der Waals surface area contributed by atoms with Crippen LogP contribution in [0.25, 0.3) is 0 Å². The molecule has 1 aliphatic heterocycles. The zero-order valence-corrected chi connectivity index (χ0v) is 6.21. The summed E-state index contributed by atoms with van der Waals surface area (Å²) in [5.74, 6) is 1.35. The maximum Gasteiger partial charge on any atom is 0.00976 e. The van der Waals surface area contributed by atoms with Gasteiger partial charge < -0.3 is 0 Å². The zero-order chi connectivity index (χ0) is 5.82. The largest absolute Gasteiger partial charge is 0.251 e. The van der Waals surface area contributed by atoms with Crippen molar-refractivity contribution in [2.45, 2.75) is 19.8 Å². The van der Waals surface area contributed by atoms with Crippen LogP contribution in [0.15, 0.2) is 0 Å². The number of hydrogen-bond donors (Lipinski definition) is 0. The molecule has 1 fully saturated rings. The molecule has 0 spiro atoms. The molecule has 48 valence electrons. The fraction of sp³-hybridized carbons (Fsp3) is 1.00. The summed E-state index contributed by atoms with van der Waals surface area (Å²) in [7, 11) is 0. The monoisotopic (exact) mass is 131 g/mol. The Bertz CT molecular complexity index is 59.5. The molecule has 0 aromatic rings. The summed E-state index contributed by atoms with van der Waals surface area (Å²) in [6, 6.07) is 0. The van der Waals surface area contributed by atoms with Crippen molar-refractivity contribution < 1.29 is 0 Å². The van der Waals surface area contributed by atoms with Gasteiger partial charge in [0.2, 0.25) is 0 Å². The third-order valence-corrected chi connectivity index (χ3v) is 2.50. The minimum Gasteiger partial charge on any atom is -0.251 e. The predicted octanol–water partition coefficient (Wildman–Crippen LogP) is 1.75. The zero-order valence-electron chi connectivity index (χ0n) is 5.39. The van der Waals surface area contributed by atoms with E-state index in [9.17, 15) is 0 Å². The first-order chi connectivity index (χ1) is 3.93. The van der Waals surface area contributed by atoms with E-state index in [4.69, 9.17) is 0 Å². The Labute approximate surface area is 55.6 Å². The SMILES string of the molecule is CCCN1CCCS1. The molecule has 0 radical (unpaired) electrons. The molecule has 1 aliphatic rings. The first kappa shape index (κ1) is 6.43. The Hall–Kier alpha value is 0.310. The minimum absolute atomic E-state index is 1.28. The van der Waals surface area contributed by atoms with Gasteiger partial charge in [-0.3, -0.25) is 4.31 Å². The van der Waals surface area contributed by atoms with Crippen molar-refractivity contribution in [3.05, 3.63) is 0 Å². The normalized spacial score (nSPS) is 22.1. The second-order valence-corrected chi connectivity index (χ2v) is 3.30. The Morgan fingerprint density at radius 3 is 3.00 bits per heavy atom. The van der Waals surface area contributed by atoms with Crippen LogP contribution in [0.4, 0.5) is 0 Å². The molecular weight excluding hydrogens is 118 g/mol.